The van der Waals surface area contributed by atoms with Gasteiger partial charge in [-0.1, -0.05) is 32.4 Å². The van der Waals surface area contributed by atoms with Crippen LogP contribution in [0.1, 0.15) is 41.5 Å². The smallest absolute Gasteiger partial charge is 0.278 e. The van der Waals surface area contributed by atoms with E-state index in [0.29, 0.717) is 11.4 Å². The molecule has 33 heavy (non-hydrogen) atoms. The van der Waals surface area contributed by atoms with E-state index in [2.05, 4.69) is 34.4 Å². The molecule has 0 spiro atoms. The van der Waals surface area contributed by atoms with Crippen molar-refractivity contribution in [2.45, 2.75) is 41.5 Å². The number of aliphatic imine (C=N–C) groups is 1. The molecule has 7 nitrogen and oxygen atoms in total. The van der Waals surface area contributed by atoms with E-state index in [1.54, 1.807) is 45.0 Å². The topological polar surface area (TPSA) is 90.9 Å². The first-order valence-electron chi connectivity index (χ1n) is 10.8. The number of carbonyl (C=O) groups is 3. The fourth-order valence-corrected chi connectivity index (χ4v) is 3.26. The molecule has 0 aliphatic heterocycles. The molecule has 0 heterocycles. The van der Waals surface area contributed by atoms with E-state index in [9.17, 15) is 14.4 Å². The van der Waals surface area contributed by atoms with Crippen molar-refractivity contribution < 1.29 is 14.4 Å². The van der Waals surface area contributed by atoms with Gasteiger partial charge in [-0.05, 0) is 56.3 Å². The van der Waals surface area contributed by atoms with Gasteiger partial charge in [-0.2, -0.15) is 0 Å². The van der Waals surface area contributed by atoms with Crippen molar-refractivity contribution in [1.82, 2.24) is 0 Å². The molecule has 176 valence electrons. The summed E-state index contributed by atoms with van der Waals surface area (Å²) in [5, 5.41) is 5.57. The standard InChI is InChI=1S/C25H31ClN4O3/c1-7-30(8-2)19-12-9-17(10-13-19)28-22(23(32)25(4,5)6)24(33)29-21-15-18(27-16(3)31)11-14-20(21)26/h9-15H,7-8H2,1-6H3,(H,27,31)(H,29,33)/b28-22+. The molecule has 2 aromatic carbocycles. The molecule has 2 aromatic rings. The van der Waals surface area contributed by atoms with Crippen molar-refractivity contribution in [2.24, 2.45) is 10.4 Å². The summed E-state index contributed by atoms with van der Waals surface area (Å²) in [5.74, 6) is -1.33. The Balaban J connectivity index is 2.41. The molecular formula is C25H31ClN4O3. The van der Waals surface area contributed by atoms with Gasteiger partial charge in [0.05, 0.1) is 16.4 Å². The predicted octanol–water partition coefficient (Wildman–Crippen LogP) is 5.47. The van der Waals surface area contributed by atoms with Gasteiger partial charge in [0.1, 0.15) is 0 Å². The van der Waals surface area contributed by atoms with Crippen LogP contribution in [0.5, 0.6) is 0 Å². The predicted molar refractivity (Wildman–Crippen MR) is 136 cm³/mol. The van der Waals surface area contributed by atoms with Gasteiger partial charge in [0.2, 0.25) is 5.91 Å². The first-order chi connectivity index (χ1) is 15.5. The Hall–Kier alpha value is -3.19. The van der Waals surface area contributed by atoms with E-state index < -0.39 is 17.1 Å². The number of benzene rings is 2. The number of nitrogens with zero attached hydrogens (tertiary/aromatic N) is 2. The molecule has 2 rings (SSSR count). The lowest BCUT2D eigenvalue weighted by Crippen LogP contribution is -2.37. The molecule has 8 heteroatoms. The van der Waals surface area contributed by atoms with Crippen molar-refractivity contribution in [3.8, 4) is 0 Å². The van der Waals surface area contributed by atoms with Crippen molar-refractivity contribution in [1.29, 1.82) is 0 Å². The maximum Gasteiger partial charge on any atom is 0.278 e. The molecule has 2 amide bonds. The lowest BCUT2D eigenvalue weighted by molar-refractivity contribution is -0.121. The second-order valence-corrected chi connectivity index (χ2v) is 8.97. The number of hydrogen-bond acceptors (Lipinski definition) is 5. The SMILES string of the molecule is CCN(CC)c1ccc(/N=C(/C(=O)Nc2cc(NC(C)=O)ccc2Cl)C(=O)C(C)(C)C)cc1. The minimum absolute atomic E-state index is 0.223. The zero-order chi connectivity index (χ0) is 24.8. The first kappa shape index (κ1) is 26.1. The fraction of sp³-hybridized carbons (Fsp3) is 0.360. The van der Waals surface area contributed by atoms with Crippen LogP contribution in [0.25, 0.3) is 0 Å². The van der Waals surface area contributed by atoms with E-state index in [4.69, 9.17) is 11.6 Å². The normalized spacial score (nSPS) is 11.7. The Bertz CT molecular complexity index is 1050. The Labute approximate surface area is 200 Å². The summed E-state index contributed by atoms with van der Waals surface area (Å²) < 4.78 is 0. The summed E-state index contributed by atoms with van der Waals surface area (Å²) in [6, 6.07) is 12.1. The molecule has 0 atom stereocenters. The van der Waals surface area contributed by atoms with E-state index in [1.165, 1.54) is 13.0 Å². The maximum atomic E-state index is 13.1. The monoisotopic (exact) mass is 470 g/mol. The maximum absolute atomic E-state index is 13.1. The van der Waals surface area contributed by atoms with Gasteiger partial charge >= 0.3 is 0 Å². The van der Waals surface area contributed by atoms with Crippen LogP contribution >= 0.6 is 11.6 Å². The van der Waals surface area contributed by atoms with Gasteiger partial charge < -0.3 is 15.5 Å². The Morgan fingerprint density at radius 1 is 0.970 bits per heavy atom. The molecule has 0 radical (unpaired) electrons. The summed E-state index contributed by atoms with van der Waals surface area (Å²) in [5.41, 5.74) is 1.22. The van der Waals surface area contributed by atoms with Gasteiger partial charge in [-0.3, -0.25) is 14.4 Å². The van der Waals surface area contributed by atoms with Crippen LogP contribution in [0.4, 0.5) is 22.7 Å². The third kappa shape index (κ3) is 7.15. The lowest BCUT2D eigenvalue weighted by atomic mass is 9.87. The van der Waals surface area contributed by atoms with Crippen molar-refractivity contribution in [3.63, 3.8) is 0 Å². The summed E-state index contributed by atoms with van der Waals surface area (Å²) in [6.07, 6.45) is 0. The molecule has 0 saturated carbocycles. The zero-order valence-electron chi connectivity index (χ0n) is 20.0. The van der Waals surface area contributed by atoms with E-state index in [1.807, 2.05) is 12.1 Å². The third-order valence-corrected chi connectivity index (χ3v) is 5.20. The molecule has 0 aliphatic rings. The second-order valence-electron chi connectivity index (χ2n) is 8.56. The van der Waals surface area contributed by atoms with Crippen molar-refractivity contribution in [2.75, 3.05) is 28.6 Å². The number of hydrogen-bond donors (Lipinski definition) is 2. The van der Waals surface area contributed by atoms with Gasteiger partial charge in [0.25, 0.3) is 5.91 Å². The van der Waals surface area contributed by atoms with E-state index in [0.717, 1.165) is 18.8 Å². The number of anilines is 3. The van der Waals surface area contributed by atoms with E-state index in [-0.39, 0.29) is 22.3 Å². The van der Waals surface area contributed by atoms with Crippen LogP contribution in [-0.2, 0) is 14.4 Å². The average Bonchev–Trinajstić information content (AvgIpc) is 2.74. The highest BCUT2D eigenvalue weighted by Gasteiger charge is 2.31. The Morgan fingerprint density at radius 2 is 1.58 bits per heavy atom. The Morgan fingerprint density at radius 3 is 2.09 bits per heavy atom. The quantitative estimate of drug-likeness (QED) is 0.395. The van der Waals surface area contributed by atoms with Crippen molar-refractivity contribution >= 4 is 57.7 Å². The van der Waals surface area contributed by atoms with Gasteiger partial charge in [0.15, 0.2) is 11.5 Å². The second kappa shape index (κ2) is 11.1. The highest BCUT2D eigenvalue weighted by Crippen LogP contribution is 2.27. The highest BCUT2D eigenvalue weighted by atomic mass is 35.5. The van der Waals surface area contributed by atoms with Gasteiger partial charge in [0, 0.05) is 36.8 Å². The number of nitrogens with one attached hydrogen (secondary N) is 2. The van der Waals surface area contributed by atoms with Crippen LogP contribution in [0.3, 0.4) is 0 Å². The van der Waals surface area contributed by atoms with Crippen LogP contribution in [-0.4, -0.2) is 36.4 Å². The zero-order valence-corrected chi connectivity index (χ0v) is 20.7. The van der Waals surface area contributed by atoms with Crippen LogP contribution in [0, 0.1) is 5.41 Å². The average molecular weight is 471 g/mol. The van der Waals surface area contributed by atoms with Gasteiger partial charge in [-0.15, -0.1) is 0 Å². The molecule has 0 aliphatic carbocycles. The largest absolute Gasteiger partial charge is 0.372 e. The Kier molecular flexibility index (Phi) is 8.76. The summed E-state index contributed by atoms with van der Waals surface area (Å²) in [7, 11) is 0. The highest BCUT2D eigenvalue weighted by molar-refractivity contribution is 6.68. The number of ketones is 1. The van der Waals surface area contributed by atoms with Crippen molar-refractivity contribution in [3.05, 3.63) is 47.5 Å². The number of Topliss-reactive ketones (excluding diaryl/α,β-unsaturated/α-hetero) is 1. The van der Waals surface area contributed by atoms with Crippen LogP contribution in [0.2, 0.25) is 5.02 Å². The molecule has 0 unspecified atom stereocenters. The number of halogens is 1. The summed E-state index contributed by atoms with van der Waals surface area (Å²) >= 11 is 6.23. The summed E-state index contributed by atoms with van der Waals surface area (Å²) in [4.78, 5) is 44.2. The van der Waals surface area contributed by atoms with Gasteiger partial charge in [-0.25, -0.2) is 4.99 Å². The molecule has 0 bridgehead atoms. The fourth-order valence-electron chi connectivity index (χ4n) is 3.10. The number of amides is 2. The minimum atomic E-state index is -0.820. The van der Waals surface area contributed by atoms with E-state index >= 15 is 0 Å². The third-order valence-electron chi connectivity index (χ3n) is 4.87. The minimum Gasteiger partial charge on any atom is -0.372 e. The molecular weight excluding hydrogens is 440 g/mol. The lowest BCUT2D eigenvalue weighted by Gasteiger charge is -2.21. The number of rotatable bonds is 8. The number of carbonyl (C=O) groups excluding carboxylic acids is 3. The molecule has 0 fully saturated rings. The van der Waals surface area contributed by atoms with Crippen LogP contribution < -0.4 is 15.5 Å². The first-order valence-corrected chi connectivity index (χ1v) is 11.2. The molecule has 0 saturated heterocycles. The molecule has 2 N–H and O–H groups in total. The summed E-state index contributed by atoms with van der Waals surface area (Å²) in [6.45, 7) is 12.5. The molecule has 0 aromatic heterocycles. The van der Waals surface area contributed by atoms with Crippen LogP contribution in [0.15, 0.2) is 47.5 Å².